The Morgan fingerprint density at radius 1 is 1.40 bits per heavy atom. The van der Waals surface area contributed by atoms with Crippen LogP contribution in [-0.4, -0.2) is 11.5 Å². The monoisotopic (exact) mass is 216 g/mol. The smallest absolute Gasteiger partial charge is 0.312 e. The summed E-state index contributed by atoms with van der Waals surface area (Å²) in [6.07, 6.45) is -3.78. The predicted molar refractivity (Wildman–Crippen MR) is 49.4 cm³/mol. The summed E-state index contributed by atoms with van der Waals surface area (Å²) in [5.74, 6) is 0. The van der Waals surface area contributed by atoms with Crippen LogP contribution in [0.1, 0.15) is 22.5 Å². The van der Waals surface area contributed by atoms with Gasteiger partial charge in [0.2, 0.25) is 0 Å². The highest BCUT2D eigenvalue weighted by Gasteiger charge is 2.35. The number of aryl methyl sites for hydroxylation is 1. The summed E-state index contributed by atoms with van der Waals surface area (Å²) in [5.41, 5.74) is 0.909. The van der Waals surface area contributed by atoms with Crippen molar-refractivity contribution in [3.63, 3.8) is 0 Å². The summed E-state index contributed by atoms with van der Waals surface area (Å²) in [4.78, 5) is 3.72. The zero-order valence-electron chi connectivity index (χ0n) is 8.28. The van der Waals surface area contributed by atoms with E-state index < -0.39 is 11.9 Å². The molecule has 0 radical (unpaired) electrons. The van der Waals surface area contributed by atoms with Crippen molar-refractivity contribution in [1.82, 2.24) is 10.3 Å². The fourth-order valence-electron chi connectivity index (χ4n) is 1.79. The number of hydrogen-bond acceptors (Lipinski definition) is 2. The topological polar surface area (TPSA) is 24.9 Å². The molecule has 0 unspecified atom stereocenters. The number of nitrogens with zero attached hydrogens (tertiary/aromatic N) is 1. The number of rotatable bonds is 0. The van der Waals surface area contributed by atoms with Crippen molar-refractivity contribution in [2.75, 3.05) is 6.54 Å². The Kier molecular flexibility index (Phi) is 2.42. The number of hydrogen-bond donors (Lipinski definition) is 1. The van der Waals surface area contributed by atoms with E-state index in [9.17, 15) is 13.2 Å². The Bertz CT molecular complexity index is 385. The molecule has 1 N–H and O–H groups in total. The molecule has 0 saturated heterocycles. The van der Waals surface area contributed by atoms with Crippen molar-refractivity contribution in [2.24, 2.45) is 0 Å². The van der Waals surface area contributed by atoms with E-state index in [1.807, 2.05) is 0 Å². The molecule has 0 bridgehead atoms. The SMILES string of the molecule is Cc1cc2c(nc1C(F)(F)F)CCNC2. The maximum absolute atomic E-state index is 12.5. The summed E-state index contributed by atoms with van der Waals surface area (Å²) in [5, 5.41) is 3.11. The van der Waals surface area contributed by atoms with Crippen LogP contribution in [0.15, 0.2) is 6.07 Å². The number of nitrogens with one attached hydrogen (secondary N) is 1. The fourth-order valence-corrected chi connectivity index (χ4v) is 1.79. The van der Waals surface area contributed by atoms with Crippen LogP contribution in [-0.2, 0) is 19.1 Å². The molecule has 2 heterocycles. The fraction of sp³-hybridized carbons (Fsp3) is 0.500. The Hall–Kier alpha value is -1.10. The first-order valence-electron chi connectivity index (χ1n) is 4.76. The van der Waals surface area contributed by atoms with Crippen molar-refractivity contribution in [2.45, 2.75) is 26.1 Å². The van der Waals surface area contributed by atoms with Crippen LogP contribution in [0.2, 0.25) is 0 Å². The lowest BCUT2D eigenvalue weighted by atomic mass is 10.0. The molecule has 0 saturated carbocycles. The van der Waals surface area contributed by atoms with Gasteiger partial charge < -0.3 is 5.32 Å². The lowest BCUT2D eigenvalue weighted by Gasteiger charge is -2.19. The molecule has 0 aromatic carbocycles. The van der Waals surface area contributed by atoms with Gasteiger partial charge in [-0.2, -0.15) is 13.2 Å². The summed E-state index contributed by atoms with van der Waals surface area (Å²) >= 11 is 0. The maximum Gasteiger partial charge on any atom is 0.433 e. The minimum atomic E-state index is -4.34. The van der Waals surface area contributed by atoms with Gasteiger partial charge in [-0.15, -0.1) is 0 Å². The molecule has 15 heavy (non-hydrogen) atoms. The quantitative estimate of drug-likeness (QED) is 0.718. The highest BCUT2D eigenvalue weighted by molar-refractivity contribution is 5.32. The van der Waals surface area contributed by atoms with E-state index in [-0.39, 0.29) is 5.56 Å². The number of alkyl halides is 3. The third-order valence-corrected chi connectivity index (χ3v) is 2.50. The van der Waals surface area contributed by atoms with Crippen molar-refractivity contribution in [1.29, 1.82) is 0 Å². The van der Waals surface area contributed by atoms with E-state index >= 15 is 0 Å². The molecule has 1 aromatic heterocycles. The number of fused-ring (bicyclic) bond motifs is 1. The lowest BCUT2D eigenvalue weighted by molar-refractivity contribution is -0.141. The average Bonchev–Trinajstić information content (AvgIpc) is 2.15. The average molecular weight is 216 g/mol. The highest BCUT2D eigenvalue weighted by Crippen LogP contribution is 2.31. The van der Waals surface area contributed by atoms with Gasteiger partial charge in [0.1, 0.15) is 5.69 Å². The second-order valence-electron chi connectivity index (χ2n) is 3.68. The standard InChI is InChI=1S/C10H11F3N2/c1-6-4-7-5-14-3-2-8(7)15-9(6)10(11,12)13/h4,14H,2-3,5H2,1H3. The minimum Gasteiger partial charge on any atom is -0.312 e. The molecule has 5 heteroatoms. The van der Waals surface area contributed by atoms with Gasteiger partial charge >= 0.3 is 6.18 Å². The van der Waals surface area contributed by atoms with E-state index in [1.54, 1.807) is 6.07 Å². The van der Waals surface area contributed by atoms with E-state index in [0.29, 0.717) is 25.2 Å². The van der Waals surface area contributed by atoms with Crippen molar-refractivity contribution in [3.8, 4) is 0 Å². The molecule has 0 spiro atoms. The van der Waals surface area contributed by atoms with Crippen LogP contribution in [0.5, 0.6) is 0 Å². The van der Waals surface area contributed by atoms with E-state index in [2.05, 4.69) is 10.3 Å². The van der Waals surface area contributed by atoms with Gasteiger partial charge in [0.05, 0.1) is 0 Å². The summed E-state index contributed by atoms with van der Waals surface area (Å²) in [6.45, 7) is 2.76. The molecular formula is C10H11F3N2. The second kappa shape index (κ2) is 3.48. The van der Waals surface area contributed by atoms with Gasteiger partial charge in [-0.1, -0.05) is 6.07 Å². The number of aromatic nitrogens is 1. The third kappa shape index (κ3) is 1.97. The first kappa shape index (κ1) is 10.4. The van der Waals surface area contributed by atoms with Crippen LogP contribution < -0.4 is 5.32 Å². The zero-order chi connectivity index (χ0) is 11.1. The van der Waals surface area contributed by atoms with Gasteiger partial charge in [0, 0.05) is 25.2 Å². The van der Waals surface area contributed by atoms with Crippen LogP contribution in [0.3, 0.4) is 0 Å². The molecular weight excluding hydrogens is 205 g/mol. The molecule has 1 aromatic rings. The van der Waals surface area contributed by atoms with E-state index in [0.717, 1.165) is 5.56 Å². The largest absolute Gasteiger partial charge is 0.433 e. The third-order valence-electron chi connectivity index (χ3n) is 2.50. The number of pyridine rings is 1. The van der Waals surface area contributed by atoms with Crippen LogP contribution >= 0.6 is 0 Å². The Labute approximate surface area is 85.5 Å². The lowest BCUT2D eigenvalue weighted by Crippen LogP contribution is -2.26. The van der Waals surface area contributed by atoms with Gasteiger partial charge in [0.25, 0.3) is 0 Å². The Morgan fingerprint density at radius 2 is 2.13 bits per heavy atom. The van der Waals surface area contributed by atoms with E-state index in [1.165, 1.54) is 6.92 Å². The number of halogens is 3. The first-order valence-corrected chi connectivity index (χ1v) is 4.76. The predicted octanol–water partition coefficient (Wildman–Crippen LogP) is 2.05. The first-order chi connectivity index (χ1) is 6.98. The molecule has 82 valence electrons. The minimum absolute atomic E-state index is 0.199. The van der Waals surface area contributed by atoms with Crippen LogP contribution in [0.4, 0.5) is 13.2 Å². The van der Waals surface area contributed by atoms with Crippen molar-refractivity contribution in [3.05, 3.63) is 28.6 Å². The van der Waals surface area contributed by atoms with Crippen molar-refractivity contribution >= 4 is 0 Å². The normalized spacial score (nSPS) is 16.3. The molecule has 0 atom stereocenters. The van der Waals surface area contributed by atoms with Gasteiger partial charge in [-0.05, 0) is 18.1 Å². The van der Waals surface area contributed by atoms with Crippen molar-refractivity contribution < 1.29 is 13.2 Å². The molecule has 0 amide bonds. The Morgan fingerprint density at radius 3 is 2.80 bits per heavy atom. The zero-order valence-corrected chi connectivity index (χ0v) is 8.28. The van der Waals surface area contributed by atoms with Crippen LogP contribution in [0.25, 0.3) is 0 Å². The van der Waals surface area contributed by atoms with Crippen LogP contribution in [0, 0.1) is 6.92 Å². The molecule has 2 nitrogen and oxygen atoms in total. The Balaban J connectivity index is 2.50. The summed E-state index contributed by atoms with van der Waals surface area (Å²) < 4.78 is 37.6. The van der Waals surface area contributed by atoms with Gasteiger partial charge in [-0.3, -0.25) is 0 Å². The van der Waals surface area contributed by atoms with Gasteiger partial charge in [-0.25, -0.2) is 4.98 Å². The summed E-state index contributed by atoms with van der Waals surface area (Å²) in [6, 6.07) is 1.58. The molecule has 0 aliphatic carbocycles. The van der Waals surface area contributed by atoms with E-state index in [4.69, 9.17) is 0 Å². The molecule has 1 aliphatic heterocycles. The maximum atomic E-state index is 12.5. The molecule has 0 fully saturated rings. The summed E-state index contributed by atoms with van der Waals surface area (Å²) in [7, 11) is 0. The van der Waals surface area contributed by atoms with Gasteiger partial charge in [0.15, 0.2) is 0 Å². The second-order valence-corrected chi connectivity index (χ2v) is 3.68. The molecule has 2 rings (SSSR count). The molecule has 1 aliphatic rings. The highest BCUT2D eigenvalue weighted by atomic mass is 19.4.